The molecule has 2 saturated carbocycles. The minimum absolute atomic E-state index is 0.0443. The van der Waals surface area contributed by atoms with Crippen molar-refractivity contribution < 1.29 is 9.90 Å². The molecule has 110 valence electrons. The summed E-state index contributed by atoms with van der Waals surface area (Å²) in [6.07, 6.45) is 10.5. The number of hydrogen-bond acceptors (Lipinski definition) is 2. The van der Waals surface area contributed by atoms with Crippen molar-refractivity contribution >= 4 is 6.03 Å². The second-order valence-electron chi connectivity index (χ2n) is 6.26. The summed E-state index contributed by atoms with van der Waals surface area (Å²) in [5, 5.41) is 15.3. The predicted octanol–water partition coefficient (Wildman–Crippen LogP) is 2.42. The van der Waals surface area contributed by atoms with E-state index in [1.54, 1.807) is 0 Å². The molecule has 0 bridgehead atoms. The molecule has 0 aromatic rings. The van der Waals surface area contributed by atoms with E-state index in [4.69, 9.17) is 0 Å². The maximum atomic E-state index is 11.6. The molecule has 2 aliphatic carbocycles. The Kier molecular flexibility index (Phi) is 5.95. The molecule has 2 aliphatic rings. The van der Waals surface area contributed by atoms with Gasteiger partial charge >= 0.3 is 6.03 Å². The van der Waals surface area contributed by atoms with Gasteiger partial charge in [-0.1, -0.05) is 32.1 Å². The van der Waals surface area contributed by atoms with E-state index in [1.165, 1.54) is 32.1 Å². The Morgan fingerprint density at radius 1 is 1.00 bits per heavy atom. The highest BCUT2D eigenvalue weighted by Gasteiger charge is 2.22. The van der Waals surface area contributed by atoms with Gasteiger partial charge in [-0.15, -0.1) is 0 Å². The van der Waals surface area contributed by atoms with Gasteiger partial charge in [0.2, 0.25) is 0 Å². The summed E-state index contributed by atoms with van der Waals surface area (Å²) in [6, 6.07) is -0.0443. The van der Waals surface area contributed by atoms with Gasteiger partial charge in [-0.3, -0.25) is 0 Å². The summed E-state index contributed by atoms with van der Waals surface area (Å²) >= 11 is 0. The van der Waals surface area contributed by atoms with Crippen LogP contribution in [0.1, 0.15) is 57.8 Å². The highest BCUT2D eigenvalue weighted by atomic mass is 16.3. The van der Waals surface area contributed by atoms with Crippen LogP contribution in [-0.2, 0) is 0 Å². The minimum Gasteiger partial charge on any atom is -0.393 e. The number of urea groups is 1. The van der Waals surface area contributed by atoms with Crippen LogP contribution >= 0.6 is 0 Å². The van der Waals surface area contributed by atoms with Gasteiger partial charge in [0.25, 0.3) is 0 Å². The van der Waals surface area contributed by atoms with Gasteiger partial charge in [-0.2, -0.15) is 0 Å². The van der Waals surface area contributed by atoms with Gasteiger partial charge in [0.05, 0.1) is 6.10 Å². The average Bonchev–Trinajstić information content (AvgIpc) is 2.83. The monoisotopic (exact) mass is 268 g/mol. The Labute approximate surface area is 116 Å². The molecule has 0 unspecified atom stereocenters. The number of amides is 2. The Hall–Kier alpha value is -0.770. The van der Waals surface area contributed by atoms with Gasteiger partial charge in [0, 0.05) is 13.1 Å². The largest absolute Gasteiger partial charge is 0.393 e. The first-order valence-electron chi connectivity index (χ1n) is 7.94. The smallest absolute Gasteiger partial charge is 0.314 e. The molecule has 2 rings (SSSR count). The third kappa shape index (κ3) is 5.39. The van der Waals surface area contributed by atoms with Crippen LogP contribution in [0.3, 0.4) is 0 Å². The number of nitrogens with one attached hydrogen (secondary N) is 2. The van der Waals surface area contributed by atoms with Crippen molar-refractivity contribution in [2.45, 2.75) is 63.9 Å². The summed E-state index contributed by atoms with van der Waals surface area (Å²) in [6.45, 7) is 1.50. The number of rotatable bonds is 5. The molecule has 2 atom stereocenters. The molecule has 0 heterocycles. The fraction of sp³-hybridized carbons (Fsp3) is 0.933. The lowest BCUT2D eigenvalue weighted by Crippen LogP contribution is -2.38. The summed E-state index contributed by atoms with van der Waals surface area (Å²) in [5.74, 6) is 1.28. The van der Waals surface area contributed by atoms with Crippen LogP contribution < -0.4 is 10.6 Å². The molecule has 4 heteroatoms. The number of carbonyl (C=O) groups excluding carboxylic acids is 1. The van der Waals surface area contributed by atoms with Crippen LogP contribution in [0.4, 0.5) is 4.79 Å². The molecule has 0 aliphatic heterocycles. The lowest BCUT2D eigenvalue weighted by Gasteiger charge is -2.21. The third-order valence-corrected chi connectivity index (χ3v) is 4.63. The predicted molar refractivity (Wildman–Crippen MR) is 75.9 cm³/mol. The highest BCUT2D eigenvalue weighted by Crippen LogP contribution is 2.26. The minimum atomic E-state index is -0.152. The molecule has 2 amide bonds. The van der Waals surface area contributed by atoms with Crippen molar-refractivity contribution in [2.75, 3.05) is 13.1 Å². The van der Waals surface area contributed by atoms with E-state index in [2.05, 4.69) is 10.6 Å². The van der Waals surface area contributed by atoms with Gasteiger partial charge in [-0.25, -0.2) is 4.79 Å². The molecular formula is C15H28N2O2. The average molecular weight is 268 g/mol. The van der Waals surface area contributed by atoms with E-state index in [0.717, 1.165) is 38.1 Å². The standard InChI is InChI=1S/C15H28N2O2/c18-14-7-6-13(10-14)11-17-15(19)16-9-8-12-4-2-1-3-5-12/h12-14,18H,1-11H2,(H2,16,17,19)/t13-,14-/m0/s1. The van der Waals surface area contributed by atoms with E-state index < -0.39 is 0 Å². The van der Waals surface area contributed by atoms with E-state index >= 15 is 0 Å². The van der Waals surface area contributed by atoms with Crippen molar-refractivity contribution in [1.29, 1.82) is 0 Å². The molecule has 19 heavy (non-hydrogen) atoms. The molecule has 0 spiro atoms. The van der Waals surface area contributed by atoms with Crippen molar-refractivity contribution in [3.8, 4) is 0 Å². The summed E-state index contributed by atoms with van der Waals surface area (Å²) in [7, 11) is 0. The summed E-state index contributed by atoms with van der Waals surface area (Å²) in [4.78, 5) is 11.6. The Balaban J connectivity index is 1.49. The molecule has 0 aromatic heterocycles. The second kappa shape index (κ2) is 7.73. The molecule has 2 fully saturated rings. The van der Waals surface area contributed by atoms with Gasteiger partial charge in [-0.05, 0) is 37.5 Å². The maximum Gasteiger partial charge on any atom is 0.314 e. The quantitative estimate of drug-likeness (QED) is 0.717. The third-order valence-electron chi connectivity index (χ3n) is 4.63. The van der Waals surface area contributed by atoms with Crippen LogP contribution in [0.2, 0.25) is 0 Å². The maximum absolute atomic E-state index is 11.6. The zero-order valence-corrected chi connectivity index (χ0v) is 11.9. The molecular weight excluding hydrogens is 240 g/mol. The second-order valence-corrected chi connectivity index (χ2v) is 6.26. The van der Waals surface area contributed by atoms with E-state index in [-0.39, 0.29) is 12.1 Å². The molecule has 4 nitrogen and oxygen atoms in total. The Morgan fingerprint density at radius 2 is 1.79 bits per heavy atom. The number of aliphatic hydroxyl groups excluding tert-OH is 1. The lowest BCUT2D eigenvalue weighted by molar-refractivity contribution is 0.177. The number of aliphatic hydroxyl groups is 1. The van der Waals surface area contributed by atoms with Crippen molar-refractivity contribution in [1.82, 2.24) is 10.6 Å². The van der Waals surface area contributed by atoms with Crippen LogP contribution in [0.25, 0.3) is 0 Å². The number of carbonyl (C=O) groups is 1. The van der Waals surface area contributed by atoms with Gasteiger partial charge in [0.1, 0.15) is 0 Å². The zero-order valence-electron chi connectivity index (χ0n) is 11.9. The number of hydrogen-bond donors (Lipinski definition) is 3. The fourth-order valence-corrected chi connectivity index (χ4v) is 3.40. The topological polar surface area (TPSA) is 61.4 Å². The van der Waals surface area contributed by atoms with Crippen LogP contribution in [0.15, 0.2) is 0 Å². The van der Waals surface area contributed by atoms with Gasteiger partial charge < -0.3 is 15.7 Å². The lowest BCUT2D eigenvalue weighted by atomic mass is 9.87. The van der Waals surface area contributed by atoms with Gasteiger partial charge in [0.15, 0.2) is 0 Å². The van der Waals surface area contributed by atoms with E-state index in [1.807, 2.05) is 0 Å². The molecule has 3 N–H and O–H groups in total. The molecule has 0 radical (unpaired) electrons. The van der Waals surface area contributed by atoms with E-state index in [0.29, 0.717) is 12.5 Å². The Morgan fingerprint density at radius 3 is 2.47 bits per heavy atom. The van der Waals surface area contributed by atoms with E-state index in [9.17, 15) is 9.90 Å². The molecule has 0 saturated heterocycles. The Bertz CT molecular complexity index is 277. The molecule has 0 aromatic carbocycles. The first-order chi connectivity index (χ1) is 9.24. The fourth-order valence-electron chi connectivity index (χ4n) is 3.40. The highest BCUT2D eigenvalue weighted by molar-refractivity contribution is 5.73. The normalized spacial score (nSPS) is 28.3. The summed E-state index contributed by atoms with van der Waals surface area (Å²) in [5.41, 5.74) is 0. The first-order valence-corrected chi connectivity index (χ1v) is 7.94. The zero-order chi connectivity index (χ0) is 13.5. The van der Waals surface area contributed by atoms with Crippen molar-refractivity contribution in [3.05, 3.63) is 0 Å². The summed E-state index contributed by atoms with van der Waals surface area (Å²) < 4.78 is 0. The SMILES string of the molecule is O=C(NCCC1CCCCC1)NC[C@H]1CC[C@H](O)C1. The van der Waals surface area contributed by atoms with Crippen LogP contribution in [0, 0.1) is 11.8 Å². The van der Waals surface area contributed by atoms with Crippen LogP contribution in [0.5, 0.6) is 0 Å². The first kappa shape index (κ1) is 14.6. The van der Waals surface area contributed by atoms with Crippen LogP contribution in [-0.4, -0.2) is 30.3 Å². The van der Waals surface area contributed by atoms with Crippen molar-refractivity contribution in [3.63, 3.8) is 0 Å². The van der Waals surface area contributed by atoms with Crippen molar-refractivity contribution in [2.24, 2.45) is 11.8 Å².